The van der Waals surface area contributed by atoms with Crippen LogP contribution in [-0.2, 0) is 6.18 Å². The number of nitrogens with one attached hydrogen (secondary N) is 1. The SMILES string of the molecule is NCCCNc1cc(C(F)(F)F)ncc1[N+](=O)[O-]. The number of pyridine rings is 1. The lowest BCUT2D eigenvalue weighted by Gasteiger charge is -2.09. The van der Waals surface area contributed by atoms with Crippen LogP contribution >= 0.6 is 0 Å². The van der Waals surface area contributed by atoms with Crippen LogP contribution in [0.1, 0.15) is 12.1 Å². The number of alkyl halides is 3. The van der Waals surface area contributed by atoms with Crippen molar-refractivity contribution in [3.63, 3.8) is 0 Å². The molecule has 18 heavy (non-hydrogen) atoms. The van der Waals surface area contributed by atoms with Gasteiger partial charge in [-0.3, -0.25) is 10.1 Å². The van der Waals surface area contributed by atoms with Gasteiger partial charge in [0.1, 0.15) is 17.6 Å². The molecule has 6 nitrogen and oxygen atoms in total. The Bertz CT molecular complexity index is 436. The van der Waals surface area contributed by atoms with E-state index >= 15 is 0 Å². The number of rotatable bonds is 5. The lowest BCUT2D eigenvalue weighted by atomic mass is 10.2. The predicted octanol–water partition coefficient (Wildman–Crippen LogP) is 1.77. The minimum absolute atomic E-state index is 0.212. The van der Waals surface area contributed by atoms with Crippen molar-refractivity contribution in [2.24, 2.45) is 5.73 Å². The Balaban J connectivity index is 3.04. The van der Waals surface area contributed by atoms with E-state index in [9.17, 15) is 23.3 Å². The van der Waals surface area contributed by atoms with Crippen LogP contribution in [-0.4, -0.2) is 23.0 Å². The third-order valence-corrected chi connectivity index (χ3v) is 2.07. The molecule has 0 aliphatic rings. The summed E-state index contributed by atoms with van der Waals surface area (Å²) in [5.41, 5.74) is 3.33. The molecule has 0 spiro atoms. The lowest BCUT2D eigenvalue weighted by Crippen LogP contribution is -2.13. The van der Waals surface area contributed by atoms with Crippen LogP contribution in [0.25, 0.3) is 0 Å². The van der Waals surface area contributed by atoms with Crippen LogP contribution in [0, 0.1) is 10.1 Å². The van der Waals surface area contributed by atoms with E-state index < -0.39 is 22.5 Å². The van der Waals surface area contributed by atoms with E-state index in [1.807, 2.05) is 0 Å². The highest BCUT2D eigenvalue weighted by molar-refractivity contribution is 5.61. The molecule has 0 bridgehead atoms. The van der Waals surface area contributed by atoms with Crippen molar-refractivity contribution in [1.82, 2.24) is 4.98 Å². The molecule has 9 heteroatoms. The average molecular weight is 264 g/mol. The van der Waals surface area contributed by atoms with Crippen molar-refractivity contribution in [3.8, 4) is 0 Å². The summed E-state index contributed by atoms with van der Waals surface area (Å²) in [4.78, 5) is 12.9. The highest BCUT2D eigenvalue weighted by Gasteiger charge is 2.34. The first-order valence-electron chi connectivity index (χ1n) is 5.02. The summed E-state index contributed by atoms with van der Waals surface area (Å²) in [6.45, 7) is 0.580. The Kier molecular flexibility index (Phi) is 4.43. The summed E-state index contributed by atoms with van der Waals surface area (Å²) < 4.78 is 37.2. The van der Waals surface area contributed by atoms with Gasteiger partial charge in [-0.15, -0.1) is 0 Å². The molecule has 100 valence electrons. The number of nitrogens with zero attached hydrogens (tertiary/aromatic N) is 2. The molecule has 0 atom stereocenters. The number of aromatic nitrogens is 1. The zero-order chi connectivity index (χ0) is 13.8. The van der Waals surface area contributed by atoms with Gasteiger partial charge in [0, 0.05) is 6.54 Å². The molecule has 0 aliphatic heterocycles. The topological polar surface area (TPSA) is 94.1 Å². The van der Waals surface area contributed by atoms with Crippen molar-refractivity contribution in [2.75, 3.05) is 18.4 Å². The molecule has 1 aromatic heterocycles. The van der Waals surface area contributed by atoms with Crippen LogP contribution < -0.4 is 11.1 Å². The van der Waals surface area contributed by atoms with E-state index in [2.05, 4.69) is 10.3 Å². The Morgan fingerprint density at radius 1 is 1.50 bits per heavy atom. The van der Waals surface area contributed by atoms with Gasteiger partial charge in [-0.25, -0.2) is 4.98 Å². The van der Waals surface area contributed by atoms with Gasteiger partial charge in [-0.05, 0) is 19.0 Å². The number of anilines is 1. The molecular formula is C9H11F3N4O2. The van der Waals surface area contributed by atoms with Crippen LogP contribution in [0.4, 0.5) is 24.5 Å². The Hall–Kier alpha value is -1.90. The maximum Gasteiger partial charge on any atom is 0.433 e. The van der Waals surface area contributed by atoms with Crippen molar-refractivity contribution in [1.29, 1.82) is 0 Å². The first-order chi connectivity index (χ1) is 8.36. The summed E-state index contributed by atoms with van der Waals surface area (Å²) in [5, 5.41) is 13.2. The van der Waals surface area contributed by atoms with Crippen molar-refractivity contribution < 1.29 is 18.1 Å². The number of nitrogens with two attached hydrogens (primary N) is 1. The number of halogens is 3. The third kappa shape index (κ3) is 3.55. The predicted molar refractivity (Wildman–Crippen MR) is 58.1 cm³/mol. The van der Waals surface area contributed by atoms with Gasteiger partial charge in [-0.1, -0.05) is 0 Å². The van der Waals surface area contributed by atoms with Crippen molar-refractivity contribution in [3.05, 3.63) is 28.1 Å². The quantitative estimate of drug-likeness (QED) is 0.480. The highest BCUT2D eigenvalue weighted by Crippen LogP contribution is 2.32. The largest absolute Gasteiger partial charge is 0.433 e. The van der Waals surface area contributed by atoms with Gasteiger partial charge in [0.2, 0.25) is 0 Å². The summed E-state index contributed by atoms with van der Waals surface area (Å²) in [6.07, 6.45) is -3.56. The molecule has 0 saturated carbocycles. The fourth-order valence-corrected chi connectivity index (χ4v) is 1.22. The first kappa shape index (κ1) is 14.2. The number of hydrogen-bond acceptors (Lipinski definition) is 5. The van der Waals surface area contributed by atoms with Gasteiger partial charge in [0.15, 0.2) is 0 Å². The second-order valence-electron chi connectivity index (χ2n) is 3.41. The molecule has 0 unspecified atom stereocenters. The fraction of sp³-hybridized carbons (Fsp3) is 0.444. The van der Waals surface area contributed by atoms with Crippen molar-refractivity contribution >= 4 is 11.4 Å². The third-order valence-electron chi connectivity index (χ3n) is 2.07. The summed E-state index contributed by atoms with van der Waals surface area (Å²) >= 11 is 0. The fourth-order valence-electron chi connectivity index (χ4n) is 1.22. The van der Waals surface area contributed by atoms with Gasteiger partial charge in [0.05, 0.1) is 4.92 Å². The molecule has 1 heterocycles. The highest BCUT2D eigenvalue weighted by atomic mass is 19.4. The summed E-state index contributed by atoms with van der Waals surface area (Å²) in [6, 6.07) is 0.620. The number of nitro groups is 1. The van der Waals surface area contributed by atoms with Gasteiger partial charge < -0.3 is 11.1 Å². The normalized spacial score (nSPS) is 11.3. The van der Waals surface area contributed by atoms with Gasteiger partial charge in [-0.2, -0.15) is 13.2 Å². The van der Waals surface area contributed by atoms with Gasteiger partial charge >= 0.3 is 11.9 Å². The maximum atomic E-state index is 12.4. The van der Waals surface area contributed by atoms with E-state index in [0.29, 0.717) is 25.2 Å². The molecule has 1 aromatic rings. The minimum atomic E-state index is -4.64. The van der Waals surface area contributed by atoms with E-state index in [4.69, 9.17) is 5.73 Å². The smallest absolute Gasteiger partial charge is 0.379 e. The monoisotopic (exact) mass is 264 g/mol. The first-order valence-corrected chi connectivity index (χ1v) is 5.02. The summed E-state index contributed by atoms with van der Waals surface area (Å²) in [7, 11) is 0. The van der Waals surface area contributed by atoms with E-state index in [0.717, 1.165) is 0 Å². The Morgan fingerprint density at radius 2 is 2.17 bits per heavy atom. The Labute approximate surface area is 100 Å². The Morgan fingerprint density at radius 3 is 2.67 bits per heavy atom. The molecule has 0 fully saturated rings. The number of hydrogen-bond donors (Lipinski definition) is 2. The van der Waals surface area contributed by atoms with Crippen LogP contribution in [0.3, 0.4) is 0 Å². The summed E-state index contributed by atoms with van der Waals surface area (Å²) in [5.74, 6) is 0. The molecule has 0 radical (unpaired) electrons. The zero-order valence-electron chi connectivity index (χ0n) is 9.20. The molecular weight excluding hydrogens is 253 g/mol. The van der Waals surface area contributed by atoms with E-state index in [1.54, 1.807) is 0 Å². The zero-order valence-corrected chi connectivity index (χ0v) is 9.20. The maximum absolute atomic E-state index is 12.4. The lowest BCUT2D eigenvalue weighted by molar-refractivity contribution is -0.384. The second-order valence-corrected chi connectivity index (χ2v) is 3.41. The van der Waals surface area contributed by atoms with Gasteiger partial charge in [0.25, 0.3) is 0 Å². The van der Waals surface area contributed by atoms with Crippen LogP contribution in [0.5, 0.6) is 0 Å². The molecule has 0 aromatic carbocycles. The van der Waals surface area contributed by atoms with E-state index in [1.165, 1.54) is 0 Å². The molecule has 0 saturated heterocycles. The van der Waals surface area contributed by atoms with Crippen LogP contribution in [0.15, 0.2) is 12.3 Å². The van der Waals surface area contributed by atoms with Crippen LogP contribution in [0.2, 0.25) is 0 Å². The molecule has 3 N–H and O–H groups in total. The molecule has 0 amide bonds. The van der Waals surface area contributed by atoms with Crippen molar-refractivity contribution in [2.45, 2.75) is 12.6 Å². The standard InChI is InChI=1S/C9H11F3N4O2/c10-9(11,12)8-4-6(14-3-1-2-13)7(5-15-8)16(17)18/h4-5H,1-3,13H2,(H,14,15). The minimum Gasteiger partial charge on any atom is -0.379 e. The average Bonchev–Trinajstić information content (AvgIpc) is 2.27. The second kappa shape index (κ2) is 5.63. The molecule has 0 aliphatic carbocycles. The molecule has 1 rings (SSSR count). The van der Waals surface area contributed by atoms with E-state index in [-0.39, 0.29) is 12.2 Å².